The number of hydrogen-bond acceptors (Lipinski definition) is 7. The van der Waals surface area contributed by atoms with Gasteiger partial charge in [-0.1, -0.05) is 11.6 Å². The van der Waals surface area contributed by atoms with Crippen LogP contribution in [0.25, 0.3) is 0 Å². The van der Waals surface area contributed by atoms with Crippen LogP contribution in [0, 0.1) is 0 Å². The number of carbonyl (C=O) groups is 2. The highest BCUT2D eigenvalue weighted by Crippen LogP contribution is 2.33. The van der Waals surface area contributed by atoms with Crippen LogP contribution in [0.2, 0.25) is 5.02 Å². The average molecular weight is 464 g/mol. The van der Waals surface area contributed by atoms with Crippen molar-refractivity contribution in [3.63, 3.8) is 0 Å². The predicted molar refractivity (Wildman–Crippen MR) is 110 cm³/mol. The summed E-state index contributed by atoms with van der Waals surface area (Å²) in [6.45, 7) is 0.269. The van der Waals surface area contributed by atoms with Gasteiger partial charge in [0.15, 0.2) is 4.21 Å². The number of benzene rings is 1. The number of rotatable bonds is 8. The molecule has 0 fully saturated rings. The highest BCUT2D eigenvalue weighted by atomic mass is 35.5. The summed E-state index contributed by atoms with van der Waals surface area (Å²) in [5.41, 5.74) is 5.22. The van der Waals surface area contributed by atoms with Gasteiger partial charge in [-0.2, -0.15) is 0 Å². The van der Waals surface area contributed by atoms with Gasteiger partial charge in [-0.15, -0.1) is 23.1 Å². The predicted octanol–water partition coefficient (Wildman–Crippen LogP) is 2.46. The minimum atomic E-state index is -4.02. The van der Waals surface area contributed by atoms with E-state index in [1.807, 2.05) is 0 Å². The van der Waals surface area contributed by atoms with Crippen LogP contribution >= 0.6 is 34.7 Å². The number of halogens is 1. The van der Waals surface area contributed by atoms with Gasteiger partial charge in [0.2, 0.25) is 0 Å². The van der Waals surface area contributed by atoms with Crippen molar-refractivity contribution >= 4 is 56.7 Å². The van der Waals surface area contributed by atoms with Crippen molar-refractivity contribution in [2.75, 3.05) is 19.9 Å². The molecule has 0 saturated carbocycles. The molecule has 0 atom stereocenters. The maximum Gasteiger partial charge on any atom is 0.326 e. The molecule has 8 nitrogen and oxygen atoms in total. The standard InChI is InChI=1S/C16H18ClN3O5S3/c1-25-12-4-3-9(17)7-11(12)14(21)19-6-5-10-8-13(26-2)15(27-10)28(23,24)20-16(18)22/h3-4,7-8H,5-6H2,1-2H3,(H,19,21)(H3,18,20,22). The zero-order valence-electron chi connectivity index (χ0n) is 14.9. The van der Waals surface area contributed by atoms with Crippen LogP contribution in [0.15, 0.2) is 33.4 Å². The highest BCUT2D eigenvalue weighted by molar-refractivity contribution is 8.00. The third-order valence-corrected chi connectivity index (χ3v) is 7.81. The van der Waals surface area contributed by atoms with Crippen LogP contribution in [-0.2, 0) is 16.4 Å². The lowest BCUT2D eigenvalue weighted by molar-refractivity contribution is 0.0951. The van der Waals surface area contributed by atoms with Gasteiger partial charge >= 0.3 is 6.03 Å². The molecule has 3 amide bonds. The first-order chi connectivity index (χ1) is 13.2. The zero-order valence-corrected chi connectivity index (χ0v) is 18.2. The van der Waals surface area contributed by atoms with Crippen molar-refractivity contribution in [2.24, 2.45) is 5.73 Å². The number of thioether (sulfide) groups is 1. The summed E-state index contributed by atoms with van der Waals surface area (Å²) in [5.74, 6) is 0.0397. The van der Waals surface area contributed by atoms with Gasteiger partial charge in [0.1, 0.15) is 5.75 Å². The molecular weight excluding hydrogens is 446 g/mol. The molecule has 0 spiro atoms. The number of carbonyl (C=O) groups excluding carboxylic acids is 2. The van der Waals surface area contributed by atoms with Gasteiger partial charge in [-0.25, -0.2) is 17.9 Å². The Bertz CT molecular complexity index is 991. The Labute approximate surface area is 175 Å². The smallest absolute Gasteiger partial charge is 0.326 e. The molecule has 2 aromatic rings. The molecule has 1 aromatic carbocycles. The maximum absolute atomic E-state index is 12.4. The topological polar surface area (TPSA) is 128 Å². The Morgan fingerprint density at radius 3 is 2.64 bits per heavy atom. The summed E-state index contributed by atoms with van der Waals surface area (Å²) in [6.07, 6.45) is 2.13. The maximum atomic E-state index is 12.4. The molecule has 28 heavy (non-hydrogen) atoms. The minimum absolute atomic E-state index is 0.0108. The number of thiophene rings is 1. The Morgan fingerprint density at radius 2 is 2.04 bits per heavy atom. The Kier molecular flexibility index (Phi) is 7.58. The van der Waals surface area contributed by atoms with E-state index in [1.165, 1.54) is 24.9 Å². The quantitative estimate of drug-likeness (QED) is 0.516. The first kappa shape index (κ1) is 22.3. The van der Waals surface area contributed by atoms with Crippen molar-refractivity contribution < 1.29 is 22.7 Å². The second-order valence-corrected chi connectivity index (χ2v) is 9.69. The van der Waals surface area contributed by atoms with Gasteiger partial charge in [0.05, 0.1) is 12.7 Å². The number of nitrogens with one attached hydrogen (secondary N) is 2. The lowest BCUT2D eigenvalue weighted by Gasteiger charge is -2.09. The molecule has 0 unspecified atom stereocenters. The molecule has 0 aliphatic carbocycles. The third-order valence-electron chi connectivity index (χ3n) is 3.48. The molecule has 0 radical (unpaired) electrons. The second kappa shape index (κ2) is 9.50. The largest absolute Gasteiger partial charge is 0.496 e. The van der Waals surface area contributed by atoms with E-state index in [1.54, 1.807) is 29.2 Å². The van der Waals surface area contributed by atoms with Crippen LogP contribution in [0.3, 0.4) is 0 Å². The molecule has 1 aromatic heterocycles. The van der Waals surface area contributed by atoms with Crippen LogP contribution in [0.4, 0.5) is 4.79 Å². The molecule has 12 heteroatoms. The number of sulfonamides is 1. The molecule has 0 aliphatic rings. The van der Waals surface area contributed by atoms with Gasteiger partial charge in [-0.05, 0) is 36.9 Å². The molecular formula is C16H18ClN3O5S3. The number of hydrogen-bond donors (Lipinski definition) is 3. The lowest BCUT2D eigenvalue weighted by Crippen LogP contribution is -2.34. The van der Waals surface area contributed by atoms with E-state index in [0.29, 0.717) is 27.7 Å². The molecule has 4 N–H and O–H groups in total. The van der Waals surface area contributed by atoms with E-state index in [9.17, 15) is 18.0 Å². The van der Waals surface area contributed by atoms with Crippen LogP contribution in [0.5, 0.6) is 5.75 Å². The first-order valence-corrected chi connectivity index (χ1v) is 11.7. The lowest BCUT2D eigenvalue weighted by atomic mass is 10.2. The van der Waals surface area contributed by atoms with Crippen LogP contribution in [-0.4, -0.2) is 40.3 Å². The molecule has 0 saturated heterocycles. The Balaban J connectivity index is 2.09. The van der Waals surface area contributed by atoms with E-state index in [-0.39, 0.29) is 16.7 Å². The normalized spacial score (nSPS) is 11.1. The summed E-state index contributed by atoms with van der Waals surface area (Å²) >= 11 is 8.18. The zero-order chi connectivity index (χ0) is 20.9. The first-order valence-electron chi connectivity index (χ1n) is 7.78. The van der Waals surface area contributed by atoms with E-state index in [2.05, 4.69) is 5.32 Å². The summed E-state index contributed by atoms with van der Waals surface area (Å²) < 4.78 is 31.3. The summed E-state index contributed by atoms with van der Waals surface area (Å²) in [7, 11) is -2.57. The van der Waals surface area contributed by atoms with Gasteiger partial charge < -0.3 is 15.8 Å². The minimum Gasteiger partial charge on any atom is -0.496 e. The van der Waals surface area contributed by atoms with Crippen LogP contribution < -0.4 is 20.5 Å². The molecule has 0 bridgehead atoms. The second-order valence-electron chi connectivity index (χ2n) is 5.39. The van der Waals surface area contributed by atoms with Crippen molar-refractivity contribution in [3.8, 4) is 5.75 Å². The van der Waals surface area contributed by atoms with Gasteiger partial charge in [0.25, 0.3) is 15.9 Å². The molecule has 2 rings (SSSR count). The van der Waals surface area contributed by atoms with E-state index in [4.69, 9.17) is 22.1 Å². The fourth-order valence-electron chi connectivity index (χ4n) is 2.29. The SMILES string of the molecule is COc1ccc(Cl)cc1C(=O)NCCc1cc(SC)c(S(=O)(=O)NC(N)=O)s1. The monoisotopic (exact) mass is 463 g/mol. The number of ether oxygens (including phenoxy) is 1. The number of amides is 3. The molecule has 1 heterocycles. The summed E-state index contributed by atoms with van der Waals surface area (Å²) in [4.78, 5) is 24.5. The fraction of sp³-hybridized carbons (Fsp3) is 0.250. The Hall–Kier alpha value is -1.95. The number of urea groups is 1. The average Bonchev–Trinajstić information content (AvgIpc) is 3.05. The van der Waals surface area contributed by atoms with Crippen molar-refractivity contribution in [3.05, 3.63) is 39.7 Å². The van der Waals surface area contributed by atoms with Crippen LogP contribution in [0.1, 0.15) is 15.2 Å². The number of methoxy groups -OCH3 is 1. The van der Waals surface area contributed by atoms with Crippen molar-refractivity contribution in [2.45, 2.75) is 15.5 Å². The van der Waals surface area contributed by atoms with Gasteiger partial charge in [0, 0.05) is 21.3 Å². The van der Waals surface area contributed by atoms with E-state index < -0.39 is 16.1 Å². The van der Waals surface area contributed by atoms with E-state index in [0.717, 1.165) is 16.2 Å². The molecule has 152 valence electrons. The third kappa shape index (κ3) is 5.53. The van der Waals surface area contributed by atoms with E-state index >= 15 is 0 Å². The highest BCUT2D eigenvalue weighted by Gasteiger charge is 2.23. The Morgan fingerprint density at radius 1 is 1.32 bits per heavy atom. The fourth-order valence-corrected chi connectivity index (χ4v) is 6.26. The van der Waals surface area contributed by atoms with Crippen molar-refractivity contribution in [1.29, 1.82) is 0 Å². The summed E-state index contributed by atoms with van der Waals surface area (Å²) in [5, 5.41) is 3.16. The molecule has 0 aliphatic heterocycles. The number of nitrogens with two attached hydrogens (primary N) is 1. The summed E-state index contributed by atoms with van der Waals surface area (Å²) in [6, 6.07) is 5.29. The number of primary amides is 1. The van der Waals surface area contributed by atoms with Gasteiger partial charge in [-0.3, -0.25) is 4.79 Å². The van der Waals surface area contributed by atoms with Crippen molar-refractivity contribution in [1.82, 2.24) is 10.0 Å².